The molecule has 124 valence electrons. The molecular formula is C18H24N2O3. The van der Waals surface area contributed by atoms with E-state index in [-0.39, 0.29) is 24.3 Å². The van der Waals surface area contributed by atoms with Crippen LogP contribution in [0.25, 0.3) is 0 Å². The van der Waals surface area contributed by atoms with Gasteiger partial charge in [0.15, 0.2) is 6.61 Å². The molecule has 1 aromatic carbocycles. The molecule has 0 aromatic heterocycles. The van der Waals surface area contributed by atoms with Crippen molar-refractivity contribution in [1.82, 2.24) is 5.32 Å². The van der Waals surface area contributed by atoms with E-state index in [0.717, 1.165) is 18.0 Å². The third-order valence-corrected chi connectivity index (χ3v) is 4.94. The zero-order chi connectivity index (χ0) is 16.2. The van der Waals surface area contributed by atoms with Crippen molar-refractivity contribution in [2.75, 3.05) is 18.5 Å². The van der Waals surface area contributed by atoms with Gasteiger partial charge in [0.2, 0.25) is 5.91 Å². The number of carbonyl (C=O) groups is 2. The fourth-order valence-corrected chi connectivity index (χ4v) is 3.83. The highest BCUT2D eigenvalue weighted by Crippen LogP contribution is 2.48. The number of fused-ring (bicyclic) bond motifs is 2. The molecule has 0 spiro atoms. The molecule has 2 bridgehead atoms. The zero-order valence-electron chi connectivity index (χ0n) is 13.5. The van der Waals surface area contributed by atoms with Gasteiger partial charge in [0.1, 0.15) is 5.75 Å². The Labute approximate surface area is 136 Å². The first-order valence-corrected chi connectivity index (χ1v) is 8.46. The summed E-state index contributed by atoms with van der Waals surface area (Å²) in [5, 5.41) is 5.68. The van der Waals surface area contributed by atoms with Gasteiger partial charge in [-0.2, -0.15) is 0 Å². The van der Waals surface area contributed by atoms with E-state index in [1.165, 1.54) is 19.3 Å². The molecule has 0 saturated heterocycles. The highest BCUT2D eigenvalue weighted by atomic mass is 16.5. The van der Waals surface area contributed by atoms with Gasteiger partial charge in [0, 0.05) is 18.2 Å². The Morgan fingerprint density at radius 1 is 1.17 bits per heavy atom. The number of benzene rings is 1. The van der Waals surface area contributed by atoms with E-state index in [2.05, 4.69) is 10.6 Å². The fourth-order valence-electron chi connectivity index (χ4n) is 3.83. The van der Waals surface area contributed by atoms with Crippen LogP contribution in [0.2, 0.25) is 0 Å². The minimum absolute atomic E-state index is 0.00465. The number of likely N-dealkylation sites (N-methyl/N-ethyl adjacent to an activating group) is 1. The van der Waals surface area contributed by atoms with E-state index in [4.69, 9.17) is 4.74 Å². The molecule has 1 aromatic rings. The van der Waals surface area contributed by atoms with Crippen molar-refractivity contribution in [2.24, 2.45) is 17.8 Å². The summed E-state index contributed by atoms with van der Waals surface area (Å²) >= 11 is 0. The standard InChI is InChI=1S/C18H24N2O3/c1-2-19-17(21)11-23-15-7-5-14(6-8-15)20-18(22)16-10-12-3-4-13(16)9-12/h5-8,12-13,16H,2-4,9-11H2,1H3,(H,19,21)(H,20,22). The molecule has 5 nitrogen and oxygen atoms in total. The smallest absolute Gasteiger partial charge is 0.257 e. The van der Waals surface area contributed by atoms with Crippen LogP contribution in [0, 0.1) is 17.8 Å². The monoisotopic (exact) mass is 316 g/mol. The second kappa shape index (κ2) is 7.02. The van der Waals surface area contributed by atoms with Gasteiger partial charge >= 0.3 is 0 Å². The van der Waals surface area contributed by atoms with E-state index in [9.17, 15) is 9.59 Å². The summed E-state index contributed by atoms with van der Waals surface area (Å²) < 4.78 is 5.40. The molecule has 2 aliphatic rings. The average molecular weight is 316 g/mol. The lowest BCUT2D eigenvalue weighted by Gasteiger charge is -2.20. The summed E-state index contributed by atoms with van der Waals surface area (Å²) in [7, 11) is 0. The maximum Gasteiger partial charge on any atom is 0.257 e. The van der Waals surface area contributed by atoms with E-state index < -0.39 is 0 Å². The summed E-state index contributed by atoms with van der Waals surface area (Å²) in [6.45, 7) is 2.46. The quantitative estimate of drug-likeness (QED) is 0.847. The SMILES string of the molecule is CCNC(=O)COc1ccc(NC(=O)C2CC3CCC2C3)cc1. The van der Waals surface area contributed by atoms with E-state index in [0.29, 0.717) is 18.2 Å². The minimum Gasteiger partial charge on any atom is -0.484 e. The van der Waals surface area contributed by atoms with Crippen LogP contribution < -0.4 is 15.4 Å². The summed E-state index contributed by atoms with van der Waals surface area (Å²) in [6.07, 6.45) is 4.77. The van der Waals surface area contributed by atoms with Crippen LogP contribution in [0.4, 0.5) is 5.69 Å². The molecule has 5 heteroatoms. The molecule has 2 saturated carbocycles. The summed E-state index contributed by atoms with van der Waals surface area (Å²) in [5.74, 6) is 2.16. The van der Waals surface area contributed by atoms with Crippen molar-refractivity contribution in [1.29, 1.82) is 0 Å². The van der Waals surface area contributed by atoms with Crippen molar-refractivity contribution >= 4 is 17.5 Å². The first-order chi connectivity index (χ1) is 11.2. The number of ether oxygens (including phenoxy) is 1. The third-order valence-electron chi connectivity index (χ3n) is 4.94. The number of hydrogen-bond acceptors (Lipinski definition) is 3. The van der Waals surface area contributed by atoms with Gasteiger partial charge in [0.05, 0.1) is 0 Å². The topological polar surface area (TPSA) is 67.4 Å². The van der Waals surface area contributed by atoms with Gasteiger partial charge in [-0.15, -0.1) is 0 Å². The second-order valence-electron chi connectivity index (χ2n) is 6.54. The lowest BCUT2D eigenvalue weighted by Crippen LogP contribution is -2.28. The Hall–Kier alpha value is -2.04. The minimum atomic E-state index is -0.138. The lowest BCUT2D eigenvalue weighted by atomic mass is 9.88. The van der Waals surface area contributed by atoms with Crippen LogP contribution in [-0.4, -0.2) is 25.0 Å². The lowest BCUT2D eigenvalue weighted by molar-refractivity contribution is -0.123. The van der Waals surface area contributed by atoms with Gasteiger partial charge in [-0.3, -0.25) is 9.59 Å². The Morgan fingerprint density at radius 3 is 2.57 bits per heavy atom. The highest BCUT2D eigenvalue weighted by Gasteiger charge is 2.42. The van der Waals surface area contributed by atoms with Crippen molar-refractivity contribution in [3.05, 3.63) is 24.3 Å². The molecular weight excluding hydrogens is 292 g/mol. The largest absolute Gasteiger partial charge is 0.484 e. The van der Waals surface area contributed by atoms with Gasteiger partial charge in [-0.25, -0.2) is 0 Å². The van der Waals surface area contributed by atoms with Crippen molar-refractivity contribution in [3.63, 3.8) is 0 Å². The molecule has 0 aliphatic heterocycles. The molecule has 0 radical (unpaired) electrons. The number of nitrogens with one attached hydrogen (secondary N) is 2. The Morgan fingerprint density at radius 2 is 1.96 bits per heavy atom. The summed E-state index contributed by atoms with van der Waals surface area (Å²) in [6, 6.07) is 7.18. The molecule has 0 heterocycles. The molecule has 3 rings (SSSR count). The van der Waals surface area contributed by atoms with Crippen LogP contribution in [-0.2, 0) is 9.59 Å². The number of anilines is 1. The maximum atomic E-state index is 12.4. The predicted molar refractivity (Wildman–Crippen MR) is 88.2 cm³/mol. The number of amides is 2. The van der Waals surface area contributed by atoms with E-state index in [1.807, 2.05) is 19.1 Å². The number of hydrogen-bond donors (Lipinski definition) is 2. The van der Waals surface area contributed by atoms with Crippen molar-refractivity contribution < 1.29 is 14.3 Å². The van der Waals surface area contributed by atoms with Crippen LogP contribution in [0.1, 0.15) is 32.6 Å². The van der Waals surface area contributed by atoms with Gasteiger partial charge in [-0.05, 0) is 62.3 Å². The average Bonchev–Trinajstić information content (AvgIpc) is 3.17. The number of carbonyl (C=O) groups excluding carboxylic acids is 2. The third kappa shape index (κ3) is 3.84. The van der Waals surface area contributed by atoms with Crippen molar-refractivity contribution in [2.45, 2.75) is 32.6 Å². The molecule has 2 N–H and O–H groups in total. The molecule has 3 unspecified atom stereocenters. The fraction of sp³-hybridized carbons (Fsp3) is 0.556. The number of rotatable bonds is 6. The van der Waals surface area contributed by atoms with Crippen LogP contribution in [0.15, 0.2) is 24.3 Å². The van der Waals surface area contributed by atoms with E-state index >= 15 is 0 Å². The van der Waals surface area contributed by atoms with Crippen LogP contribution in [0.5, 0.6) is 5.75 Å². The van der Waals surface area contributed by atoms with Gasteiger partial charge in [0.25, 0.3) is 5.91 Å². The summed E-state index contributed by atoms with van der Waals surface area (Å²) in [4.78, 5) is 23.7. The highest BCUT2D eigenvalue weighted by molar-refractivity contribution is 5.93. The normalized spacial score (nSPS) is 25.2. The first kappa shape index (κ1) is 15.8. The molecule has 23 heavy (non-hydrogen) atoms. The van der Waals surface area contributed by atoms with Crippen LogP contribution >= 0.6 is 0 Å². The molecule has 3 atom stereocenters. The first-order valence-electron chi connectivity index (χ1n) is 8.46. The molecule has 2 fully saturated rings. The van der Waals surface area contributed by atoms with Gasteiger partial charge < -0.3 is 15.4 Å². The summed E-state index contributed by atoms with van der Waals surface area (Å²) in [5.41, 5.74) is 0.781. The Balaban J connectivity index is 1.49. The van der Waals surface area contributed by atoms with Gasteiger partial charge in [-0.1, -0.05) is 6.42 Å². The second-order valence-corrected chi connectivity index (χ2v) is 6.54. The molecule has 2 amide bonds. The van der Waals surface area contributed by atoms with Crippen molar-refractivity contribution in [3.8, 4) is 5.75 Å². The van der Waals surface area contributed by atoms with E-state index in [1.54, 1.807) is 12.1 Å². The molecule has 2 aliphatic carbocycles. The Bertz CT molecular complexity index is 570. The zero-order valence-corrected chi connectivity index (χ0v) is 13.5. The predicted octanol–water partition coefficient (Wildman–Crippen LogP) is 2.58. The maximum absolute atomic E-state index is 12.4. The Kier molecular flexibility index (Phi) is 4.84. The van der Waals surface area contributed by atoms with Crippen LogP contribution in [0.3, 0.4) is 0 Å².